The van der Waals surface area contributed by atoms with Crippen LogP contribution in [0.2, 0.25) is 0 Å². The van der Waals surface area contributed by atoms with Crippen molar-refractivity contribution in [2.45, 2.75) is 51.3 Å². The van der Waals surface area contributed by atoms with Crippen LogP contribution in [-0.4, -0.2) is 12.0 Å². The molecule has 0 spiro atoms. The normalized spacial score (nSPS) is 20.3. The van der Waals surface area contributed by atoms with Gasteiger partial charge in [0.25, 0.3) is 0 Å². The van der Waals surface area contributed by atoms with E-state index in [1.54, 1.807) is 0 Å². The lowest BCUT2D eigenvalue weighted by molar-refractivity contribution is 0.316. The van der Waals surface area contributed by atoms with Crippen molar-refractivity contribution in [1.29, 1.82) is 0 Å². The molecule has 2 heteroatoms. The fourth-order valence-corrected chi connectivity index (χ4v) is 2.60. The second kappa shape index (κ2) is 5.52. The van der Waals surface area contributed by atoms with Gasteiger partial charge in [0.2, 0.25) is 0 Å². The highest BCUT2D eigenvalue weighted by atomic mass is 35.5. The van der Waals surface area contributed by atoms with Gasteiger partial charge in [0.1, 0.15) is 5.75 Å². The van der Waals surface area contributed by atoms with Crippen LogP contribution < -0.4 is 4.74 Å². The molecule has 1 nitrogen and oxygen atoms in total. The summed E-state index contributed by atoms with van der Waals surface area (Å²) in [5, 5.41) is 0.259. The smallest absolute Gasteiger partial charge is 0.122 e. The summed E-state index contributed by atoms with van der Waals surface area (Å²) in [4.78, 5) is 0. The van der Waals surface area contributed by atoms with E-state index in [0.717, 1.165) is 18.8 Å². The molecule has 0 amide bonds. The van der Waals surface area contributed by atoms with Crippen LogP contribution in [0.25, 0.3) is 0 Å². The minimum Gasteiger partial charge on any atom is -0.493 e. The van der Waals surface area contributed by atoms with E-state index >= 15 is 0 Å². The average Bonchev–Trinajstić information content (AvgIpc) is 2.71. The molecule has 18 heavy (non-hydrogen) atoms. The number of halogens is 1. The lowest BCUT2D eigenvalue weighted by atomic mass is 9.87. The Morgan fingerprint density at radius 1 is 1.33 bits per heavy atom. The van der Waals surface area contributed by atoms with Crippen LogP contribution in [0.15, 0.2) is 24.3 Å². The maximum Gasteiger partial charge on any atom is 0.122 e. The van der Waals surface area contributed by atoms with Crippen molar-refractivity contribution in [3.8, 4) is 5.75 Å². The Hall–Kier alpha value is -0.690. The molecule has 1 aliphatic rings. The number of hydrogen-bond donors (Lipinski definition) is 0. The summed E-state index contributed by atoms with van der Waals surface area (Å²) in [5.74, 6) is 1.63. The van der Waals surface area contributed by atoms with E-state index in [2.05, 4.69) is 39.0 Å². The third-order valence-electron chi connectivity index (χ3n) is 3.75. The van der Waals surface area contributed by atoms with E-state index in [-0.39, 0.29) is 10.8 Å². The Bertz CT molecular complexity index is 394. The maximum atomic E-state index is 6.41. The maximum absolute atomic E-state index is 6.41. The lowest BCUT2D eigenvalue weighted by Gasteiger charge is -2.25. The van der Waals surface area contributed by atoms with Crippen LogP contribution in [0.3, 0.4) is 0 Å². The minimum atomic E-state index is 0.200. The molecule has 0 saturated carbocycles. The van der Waals surface area contributed by atoms with Crippen molar-refractivity contribution in [3.05, 3.63) is 29.8 Å². The van der Waals surface area contributed by atoms with Crippen LogP contribution in [0, 0.1) is 5.41 Å². The van der Waals surface area contributed by atoms with Crippen molar-refractivity contribution in [3.63, 3.8) is 0 Å². The summed E-state index contributed by atoms with van der Waals surface area (Å²) in [5.41, 5.74) is 1.57. The summed E-state index contributed by atoms with van der Waals surface area (Å²) in [7, 11) is 0. The van der Waals surface area contributed by atoms with Crippen LogP contribution in [0.1, 0.15) is 51.5 Å². The molecular weight excluding hydrogens is 244 g/mol. The molecule has 100 valence electrons. The average molecular weight is 267 g/mol. The van der Waals surface area contributed by atoms with Crippen molar-refractivity contribution >= 4 is 11.6 Å². The molecule has 1 aromatic rings. The van der Waals surface area contributed by atoms with Gasteiger partial charge in [-0.2, -0.15) is 0 Å². The van der Waals surface area contributed by atoms with Gasteiger partial charge in [-0.25, -0.2) is 0 Å². The molecule has 0 radical (unpaired) electrons. The third-order valence-corrected chi connectivity index (χ3v) is 4.62. The number of alkyl halides is 1. The SMILES string of the molecule is CC(C)(C)C(Cl)CCCC1COc2ccccc21. The molecule has 0 bridgehead atoms. The van der Waals surface area contributed by atoms with Crippen molar-refractivity contribution in [2.24, 2.45) is 5.41 Å². The zero-order valence-corrected chi connectivity index (χ0v) is 12.3. The van der Waals surface area contributed by atoms with Crippen molar-refractivity contribution in [2.75, 3.05) is 6.61 Å². The van der Waals surface area contributed by atoms with Gasteiger partial charge in [-0.1, -0.05) is 45.4 Å². The summed E-state index contributed by atoms with van der Waals surface area (Å²) in [6, 6.07) is 8.39. The third kappa shape index (κ3) is 3.20. The van der Waals surface area contributed by atoms with E-state index in [4.69, 9.17) is 16.3 Å². The van der Waals surface area contributed by atoms with E-state index in [9.17, 15) is 0 Å². The zero-order valence-electron chi connectivity index (χ0n) is 11.6. The first-order valence-electron chi connectivity index (χ1n) is 6.84. The Morgan fingerprint density at radius 2 is 2.06 bits per heavy atom. The predicted molar refractivity (Wildman–Crippen MR) is 77.6 cm³/mol. The number of para-hydroxylation sites is 1. The Balaban J connectivity index is 1.83. The number of fused-ring (bicyclic) bond motifs is 1. The van der Waals surface area contributed by atoms with E-state index in [1.165, 1.54) is 18.4 Å². The number of benzene rings is 1. The quantitative estimate of drug-likeness (QED) is 0.698. The number of rotatable bonds is 4. The van der Waals surface area contributed by atoms with E-state index in [0.29, 0.717) is 5.92 Å². The standard InChI is InChI=1S/C16H23ClO/c1-16(2,3)15(17)10-6-7-12-11-18-14-9-5-4-8-13(12)14/h4-5,8-9,12,15H,6-7,10-11H2,1-3H3. The topological polar surface area (TPSA) is 9.23 Å². The number of ether oxygens (including phenoxy) is 1. The van der Waals surface area contributed by atoms with E-state index in [1.807, 2.05) is 6.07 Å². The first kappa shape index (κ1) is 13.7. The second-order valence-corrected chi connectivity index (χ2v) is 6.84. The monoisotopic (exact) mass is 266 g/mol. The highest BCUT2D eigenvalue weighted by Gasteiger charge is 2.25. The summed E-state index contributed by atoms with van der Waals surface area (Å²) >= 11 is 6.41. The molecule has 0 aliphatic carbocycles. The lowest BCUT2D eigenvalue weighted by Crippen LogP contribution is -2.20. The van der Waals surface area contributed by atoms with Crippen LogP contribution in [-0.2, 0) is 0 Å². The van der Waals surface area contributed by atoms with Gasteiger partial charge in [-0.3, -0.25) is 0 Å². The molecule has 1 aromatic carbocycles. The molecule has 2 atom stereocenters. The molecule has 0 N–H and O–H groups in total. The Morgan fingerprint density at radius 3 is 2.78 bits per heavy atom. The van der Waals surface area contributed by atoms with Gasteiger partial charge < -0.3 is 4.74 Å². The molecule has 2 rings (SSSR count). The Kier molecular flexibility index (Phi) is 4.21. The predicted octanol–water partition coefficient (Wildman–Crippen LogP) is 4.99. The molecule has 0 saturated heterocycles. The van der Waals surface area contributed by atoms with Gasteiger partial charge >= 0.3 is 0 Å². The van der Waals surface area contributed by atoms with Gasteiger partial charge in [0.05, 0.1) is 6.61 Å². The van der Waals surface area contributed by atoms with Crippen LogP contribution in [0.4, 0.5) is 0 Å². The van der Waals surface area contributed by atoms with Crippen LogP contribution >= 0.6 is 11.6 Å². The fraction of sp³-hybridized carbons (Fsp3) is 0.625. The minimum absolute atomic E-state index is 0.200. The van der Waals surface area contributed by atoms with Crippen molar-refractivity contribution < 1.29 is 4.74 Å². The van der Waals surface area contributed by atoms with Gasteiger partial charge in [0.15, 0.2) is 0 Å². The molecule has 1 aliphatic heterocycles. The Labute approximate surface area is 115 Å². The summed E-state index contributed by atoms with van der Waals surface area (Å²) in [6.45, 7) is 7.46. The second-order valence-electron chi connectivity index (χ2n) is 6.31. The van der Waals surface area contributed by atoms with Crippen molar-refractivity contribution in [1.82, 2.24) is 0 Å². The molecular formula is C16H23ClO. The van der Waals surface area contributed by atoms with Gasteiger partial charge in [0, 0.05) is 16.9 Å². The molecule has 2 unspecified atom stereocenters. The largest absolute Gasteiger partial charge is 0.493 e. The highest BCUT2D eigenvalue weighted by molar-refractivity contribution is 6.21. The fourth-order valence-electron chi connectivity index (χ4n) is 2.44. The number of hydrogen-bond acceptors (Lipinski definition) is 1. The molecule has 0 fully saturated rings. The molecule has 1 heterocycles. The van der Waals surface area contributed by atoms with Crippen LogP contribution in [0.5, 0.6) is 5.75 Å². The van der Waals surface area contributed by atoms with Gasteiger partial charge in [-0.05, 0) is 24.3 Å². The molecule has 0 aromatic heterocycles. The summed E-state index contributed by atoms with van der Waals surface area (Å²) in [6.07, 6.45) is 3.44. The first-order chi connectivity index (χ1) is 8.48. The first-order valence-corrected chi connectivity index (χ1v) is 7.28. The highest BCUT2D eigenvalue weighted by Crippen LogP contribution is 2.37. The van der Waals surface area contributed by atoms with Gasteiger partial charge in [-0.15, -0.1) is 11.6 Å². The zero-order chi connectivity index (χ0) is 13.2. The van der Waals surface area contributed by atoms with E-state index < -0.39 is 0 Å². The summed E-state index contributed by atoms with van der Waals surface area (Å²) < 4.78 is 5.70.